The molecular weight excluding hydrogens is 168 g/mol. The molecule has 0 saturated carbocycles. The number of carbonyl (C=O) groups is 1. The van der Waals surface area contributed by atoms with Crippen molar-refractivity contribution in [3.05, 3.63) is 35.4 Å². The van der Waals surface area contributed by atoms with Crippen molar-refractivity contribution < 1.29 is 4.79 Å². The molecule has 5 nitrogen and oxygen atoms in total. The third-order valence-corrected chi connectivity index (χ3v) is 1.53. The minimum absolute atomic E-state index is 0.278. The van der Waals surface area contributed by atoms with Gasteiger partial charge in [0.1, 0.15) is 6.29 Å². The Hall–Kier alpha value is -1.88. The van der Waals surface area contributed by atoms with Crippen molar-refractivity contribution in [1.29, 1.82) is 0 Å². The van der Waals surface area contributed by atoms with Gasteiger partial charge < -0.3 is 5.73 Å². The third kappa shape index (κ3) is 2.28. The van der Waals surface area contributed by atoms with Crippen LogP contribution in [0.15, 0.2) is 29.4 Å². The molecule has 0 saturated heterocycles. The summed E-state index contributed by atoms with van der Waals surface area (Å²) in [5.41, 5.74) is 8.91. The molecule has 0 radical (unpaired) electrons. The van der Waals surface area contributed by atoms with E-state index in [1.54, 1.807) is 24.3 Å². The number of hydrogen-bond acceptors (Lipinski definition) is 4. The molecule has 0 fully saturated rings. The monoisotopic (exact) mass is 178 g/mol. The van der Waals surface area contributed by atoms with Crippen molar-refractivity contribution in [2.24, 2.45) is 16.7 Å². The van der Waals surface area contributed by atoms with Crippen LogP contribution in [0.25, 0.3) is 0 Å². The normalized spacial score (nSPS) is 11.0. The summed E-state index contributed by atoms with van der Waals surface area (Å²) in [4.78, 5) is 10.3. The molecule has 5 heteroatoms. The highest BCUT2D eigenvalue weighted by molar-refractivity contribution is 5.97. The predicted molar refractivity (Wildman–Crippen MR) is 49.9 cm³/mol. The largest absolute Gasteiger partial charge is 0.382 e. The van der Waals surface area contributed by atoms with Crippen molar-refractivity contribution in [3.8, 4) is 0 Å². The van der Waals surface area contributed by atoms with Gasteiger partial charge in [-0.2, -0.15) is 0 Å². The standard InChI is InChI=1S/C8H10N4O/c9-8(11-12-10)7-3-1-6(5-13)2-4-7/h1-5,12H,10H2,(H2,9,11). The Bertz CT molecular complexity index is 317. The molecule has 68 valence electrons. The molecule has 1 aromatic carbocycles. The molecule has 0 bridgehead atoms. The molecule has 0 aromatic heterocycles. The first-order valence-electron chi connectivity index (χ1n) is 3.62. The fourth-order valence-corrected chi connectivity index (χ4v) is 0.867. The molecule has 1 aromatic rings. The minimum Gasteiger partial charge on any atom is -0.382 e. The Morgan fingerprint density at radius 1 is 1.38 bits per heavy atom. The van der Waals surface area contributed by atoms with Crippen molar-refractivity contribution in [1.82, 2.24) is 5.53 Å². The predicted octanol–water partition coefficient (Wildman–Crippen LogP) is -0.417. The second kappa shape index (κ2) is 4.22. The zero-order valence-corrected chi connectivity index (χ0v) is 6.90. The van der Waals surface area contributed by atoms with Gasteiger partial charge in [0, 0.05) is 11.1 Å². The number of hydrazine groups is 1. The minimum atomic E-state index is 0.278. The second-order valence-electron chi connectivity index (χ2n) is 2.37. The van der Waals surface area contributed by atoms with E-state index >= 15 is 0 Å². The van der Waals surface area contributed by atoms with Crippen LogP contribution in [0.5, 0.6) is 0 Å². The van der Waals surface area contributed by atoms with Crippen molar-refractivity contribution in [3.63, 3.8) is 0 Å². The van der Waals surface area contributed by atoms with Gasteiger partial charge in [0.15, 0.2) is 5.84 Å². The second-order valence-corrected chi connectivity index (χ2v) is 2.37. The highest BCUT2D eigenvalue weighted by atomic mass is 16.1. The van der Waals surface area contributed by atoms with Gasteiger partial charge in [-0.15, -0.1) is 5.10 Å². The number of carbonyl (C=O) groups excluding carboxylic acids is 1. The Balaban J connectivity index is 2.91. The van der Waals surface area contributed by atoms with E-state index in [1.807, 2.05) is 0 Å². The number of nitrogens with one attached hydrogen (secondary N) is 1. The fourth-order valence-electron chi connectivity index (χ4n) is 0.867. The van der Waals surface area contributed by atoms with Gasteiger partial charge >= 0.3 is 0 Å². The number of rotatable bonds is 3. The van der Waals surface area contributed by atoms with E-state index in [2.05, 4.69) is 10.6 Å². The Kier molecular flexibility index (Phi) is 2.99. The smallest absolute Gasteiger partial charge is 0.152 e. The SMILES string of the molecule is NN/N=C(\N)c1ccc(C=O)cc1. The van der Waals surface area contributed by atoms with Crippen molar-refractivity contribution in [2.45, 2.75) is 0 Å². The molecule has 0 heterocycles. The quantitative estimate of drug-likeness (QED) is 0.193. The molecule has 13 heavy (non-hydrogen) atoms. The van der Waals surface area contributed by atoms with E-state index < -0.39 is 0 Å². The average Bonchev–Trinajstić information content (AvgIpc) is 2.18. The van der Waals surface area contributed by atoms with Gasteiger partial charge in [0.05, 0.1) is 0 Å². The summed E-state index contributed by atoms with van der Waals surface area (Å²) in [7, 11) is 0. The Morgan fingerprint density at radius 2 is 2.00 bits per heavy atom. The first-order valence-corrected chi connectivity index (χ1v) is 3.62. The fraction of sp³-hybridized carbons (Fsp3) is 0. The van der Waals surface area contributed by atoms with Crippen LogP contribution in [0.2, 0.25) is 0 Å². The summed E-state index contributed by atoms with van der Waals surface area (Å²) < 4.78 is 0. The van der Waals surface area contributed by atoms with E-state index in [-0.39, 0.29) is 5.84 Å². The summed E-state index contributed by atoms with van der Waals surface area (Å²) in [6.45, 7) is 0. The van der Waals surface area contributed by atoms with E-state index in [4.69, 9.17) is 11.6 Å². The topological polar surface area (TPSA) is 93.5 Å². The number of hydrogen-bond donors (Lipinski definition) is 3. The maximum atomic E-state index is 10.3. The van der Waals surface area contributed by atoms with Gasteiger partial charge in [-0.3, -0.25) is 4.79 Å². The van der Waals surface area contributed by atoms with E-state index in [0.29, 0.717) is 11.1 Å². The van der Waals surface area contributed by atoms with Crippen molar-refractivity contribution in [2.75, 3.05) is 0 Å². The Labute approximate surface area is 75.4 Å². The van der Waals surface area contributed by atoms with Crippen LogP contribution < -0.4 is 17.1 Å². The van der Waals surface area contributed by atoms with Gasteiger partial charge in [0.25, 0.3) is 0 Å². The first kappa shape index (κ1) is 9.21. The lowest BCUT2D eigenvalue weighted by atomic mass is 10.1. The lowest BCUT2D eigenvalue weighted by Gasteiger charge is -1.99. The molecule has 5 N–H and O–H groups in total. The van der Waals surface area contributed by atoms with Gasteiger partial charge in [-0.25, -0.2) is 11.4 Å². The number of benzene rings is 1. The molecule has 0 amide bonds. The molecular formula is C8H10N4O. The average molecular weight is 178 g/mol. The zero-order chi connectivity index (χ0) is 9.68. The molecule has 0 aliphatic carbocycles. The van der Waals surface area contributed by atoms with Gasteiger partial charge in [-0.1, -0.05) is 24.3 Å². The maximum Gasteiger partial charge on any atom is 0.152 e. The van der Waals surface area contributed by atoms with Crippen LogP contribution in [0.3, 0.4) is 0 Å². The van der Waals surface area contributed by atoms with E-state index in [1.165, 1.54) is 0 Å². The van der Waals surface area contributed by atoms with Crippen LogP contribution in [0, 0.1) is 0 Å². The number of hydrazone groups is 1. The summed E-state index contributed by atoms with van der Waals surface area (Å²) in [5, 5.41) is 3.58. The molecule has 0 unspecified atom stereocenters. The number of amidine groups is 1. The van der Waals surface area contributed by atoms with Crippen molar-refractivity contribution >= 4 is 12.1 Å². The van der Waals surface area contributed by atoms with Crippen LogP contribution in [-0.4, -0.2) is 12.1 Å². The lowest BCUT2D eigenvalue weighted by Crippen LogP contribution is -2.22. The summed E-state index contributed by atoms with van der Waals surface area (Å²) in [6, 6.07) is 6.70. The maximum absolute atomic E-state index is 10.3. The summed E-state index contributed by atoms with van der Waals surface area (Å²) in [6.07, 6.45) is 0.762. The summed E-state index contributed by atoms with van der Waals surface area (Å²) >= 11 is 0. The Morgan fingerprint density at radius 3 is 2.46 bits per heavy atom. The highest BCUT2D eigenvalue weighted by Gasteiger charge is 1.97. The molecule has 0 aliphatic heterocycles. The van der Waals surface area contributed by atoms with E-state index in [9.17, 15) is 4.79 Å². The zero-order valence-electron chi connectivity index (χ0n) is 6.90. The number of aldehydes is 1. The van der Waals surface area contributed by atoms with Crippen LogP contribution in [0.4, 0.5) is 0 Å². The molecule has 0 atom stereocenters. The third-order valence-electron chi connectivity index (χ3n) is 1.53. The van der Waals surface area contributed by atoms with Gasteiger partial charge in [-0.05, 0) is 0 Å². The molecule has 1 rings (SSSR count). The highest BCUT2D eigenvalue weighted by Crippen LogP contribution is 2.01. The van der Waals surface area contributed by atoms with Crippen LogP contribution in [-0.2, 0) is 0 Å². The molecule has 0 spiro atoms. The first-order chi connectivity index (χ1) is 6.27. The lowest BCUT2D eigenvalue weighted by molar-refractivity contribution is 0.112. The van der Waals surface area contributed by atoms with E-state index in [0.717, 1.165) is 6.29 Å². The number of nitrogens with two attached hydrogens (primary N) is 2. The van der Waals surface area contributed by atoms with Gasteiger partial charge in [0.2, 0.25) is 0 Å². The van der Waals surface area contributed by atoms with Crippen LogP contribution >= 0.6 is 0 Å². The van der Waals surface area contributed by atoms with Crippen LogP contribution in [0.1, 0.15) is 15.9 Å². The molecule has 0 aliphatic rings. The summed E-state index contributed by atoms with van der Waals surface area (Å²) in [5.74, 6) is 5.23. The number of nitrogens with zero attached hydrogens (tertiary/aromatic N) is 1.